The molecule has 0 aromatic carbocycles. The second-order valence-corrected chi connectivity index (χ2v) is 17.2. The topological polar surface area (TPSA) is 160 Å². The molecular formula is C36H62O9. The predicted octanol–water partition coefficient (Wildman–Crippen LogP) is 3.30. The van der Waals surface area contributed by atoms with Crippen molar-refractivity contribution in [1.29, 1.82) is 0 Å². The van der Waals surface area contributed by atoms with E-state index in [1.165, 1.54) is 5.57 Å². The minimum atomic E-state index is -1.53. The molecule has 0 spiro atoms. The summed E-state index contributed by atoms with van der Waals surface area (Å²) in [6.07, 6.45) is 1.24. The molecule has 5 rings (SSSR count). The highest BCUT2D eigenvalue weighted by Gasteiger charge is 2.72. The molecule has 0 unspecified atom stereocenters. The first-order chi connectivity index (χ1) is 20.9. The van der Waals surface area contributed by atoms with Crippen LogP contribution >= 0.6 is 0 Å². The predicted molar refractivity (Wildman–Crippen MR) is 170 cm³/mol. The summed E-state index contributed by atoms with van der Waals surface area (Å²) in [5.41, 5.74) is -0.735. The van der Waals surface area contributed by atoms with Crippen molar-refractivity contribution in [3.63, 3.8) is 0 Å². The third-order valence-corrected chi connectivity index (χ3v) is 14.6. The third kappa shape index (κ3) is 5.39. The lowest BCUT2D eigenvalue weighted by molar-refractivity contribution is -0.336. The van der Waals surface area contributed by atoms with Crippen LogP contribution in [0.2, 0.25) is 0 Å². The van der Waals surface area contributed by atoms with Crippen molar-refractivity contribution in [2.75, 3.05) is 13.2 Å². The molecule has 1 aliphatic heterocycles. The van der Waals surface area contributed by atoms with Gasteiger partial charge in [-0.3, -0.25) is 0 Å². The number of ether oxygens (including phenoxy) is 2. The van der Waals surface area contributed by atoms with Gasteiger partial charge in [-0.1, -0.05) is 39.3 Å². The lowest BCUT2D eigenvalue weighted by atomic mass is 9.34. The van der Waals surface area contributed by atoms with Crippen LogP contribution in [0.1, 0.15) is 106 Å². The van der Waals surface area contributed by atoms with Crippen LogP contribution in [0.3, 0.4) is 0 Å². The zero-order chi connectivity index (χ0) is 33.3. The Morgan fingerprint density at radius 3 is 2.16 bits per heavy atom. The molecule has 0 amide bonds. The van der Waals surface area contributed by atoms with Gasteiger partial charge in [0.15, 0.2) is 6.29 Å². The number of aliphatic hydroxyl groups is 7. The van der Waals surface area contributed by atoms with Crippen molar-refractivity contribution in [1.82, 2.24) is 0 Å². The lowest BCUT2D eigenvalue weighted by Crippen LogP contribution is -2.68. The second kappa shape index (κ2) is 12.4. The molecule has 5 aliphatic rings. The number of allylic oxidation sites excluding steroid dienone is 2. The van der Waals surface area contributed by atoms with Gasteiger partial charge in [-0.05, 0) is 118 Å². The van der Waals surface area contributed by atoms with E-state index in [-0.39, 0.29) is 51.9 Å². The Kier molecular flexibility index (Phi) is 9.80. The van der Waals surface area contributed by atoms with Crippen LogP contribution in [-0.2, 0) is 9.47 Å². The van der Waals surface area contributed by atoms with Crippen molar-refractivity contribution >= 4 is 0 Å². The van der Waals surface area contributed by atoms with Crippen LogP contribution in [0.5, 0.6) is 0 Å². The van der Waals surface area contributed by atoms with Gasteiger partial charge < -0.3 is 45.2 Å². The first kappa shape index (κ1) is 35.7. The maximum Gasteiger partial charge on any atom is 0.187 e. The largest absolute Gasteiger partial charge is 0.396 e. The molecule has 0 bridgehead atoms. The minimum Gasteiger partial charge on any atom is -0.396 e. The second-order valence-electron chi connectivity index (χ2n) is 17.2. The Labute approximate surface area is 270 Å². The van der Waals surface area contributed by atoms with Crippen molar-refractivity contribution in [2.45, 2.75) is 155 Å². The van der Waals surface area contributed by atoms with Crippen LogP contribution in [0, 0.1) is 45.3 Å². The van der Waals surface area contributed by atoms with E-state index in [2.05, 4.69) is 33.8 Å². The van der Waals surface area contributed by atoms with Crippen LogP contribution in [0.4, 0.5) is 0 Å². The van der Waals surface area contributed by atoms with Gasteiger partial charge >= 0.3 is 0 Å². The summed E-state index contributed by atoms with van der Waals surface area (Å²) in [5.74, 6) is 0.0968. The molecular weight excluding hydrogens is 576 g/mol. The first-order valence-electron chi connectivity index (χ1n) is 17.5. The quantitative estimate of drug-likeness (QED) is 0.198. The number of aliphatic hydroxyl groups excluding tert-OH is 7. The Morgan fingerprint density at radius 2 is 1.53 bits per heavy atom. The first-order valence-corrected chi connectivity index (χ1v) is 17.5. The molecule has 1 saturated heterocycles. The zero-order valence-corrected chi connectivity index (χ0v) is 28.7. The molecule has 1 heterocycles. The summed E-state index contributed by atoms with van der Waals surface area (Å²) < 4.78 is 12.6. The van der Waals surface area contributed by atoms with Gasteiger partial charge in [0.25, 0.3) is 0 Å². The summed E-state index contributed by atoms with van der Waals surface area (Å²) >= 11 is 0. The molecule has 45 heavy (non-hydrogen) atoms. The monoisotopic (exact) mass is 638 g/mol. The van der Waals surface area contributed by atoms with Gasteiger partial charge in [0.05, 0.1) is 24.4 Å². The molecule has 0 aromatic rings. The molecule has 9 heteroatoms. The molecule has 5 fully saturated rings. The van der Waals surface area contributed by atoms with Gasteiger partial charge in [-0.25, -0.2) is 0 Å². The molecule has 7 N–H and O–H groups in total. The molecule has 4 saturated carbocycles. The van der Waals surface area contributed by atoms with Crippen molar-refractivity contribution in [3.05, 3.63) is 11.6 Å². The van der Waals surface area contributed by atoms with Crippen molar-refractivity contribution < 1.29 is 45.2 Å². The van der Waals surface area contributed by atoms with Crippen LogP contribution in [0.15, 0.2) is 11.6 Å². The molecule has 0 radical (unpaired) electrons. The fourth-order valence-electron chi connectivity index (χ4n) is 11.8. The van der Waals surface area contributed by atoms with Gasteiger partial charge in [-0.2, -0.15) is 0 Å². The average molecular weight is 639 g/mol. The standard InChI is InChI=1S/C36H62O9/c1-20(2)9-8-13-35(7,45-31-30(43)29(42)28(41)23(18-37)44-31)21-10-14-34(6)27(21)22(39)17-25-33(34,5)15-11-24-32(3,4)26(40)12-16-36(24,25)19-38/h9,21-31,37-43H,8,10-19H2,1-7H3/t21-,22+,23+,24+,25-,26+,27-,28+,29-,30+,31-,33+,34+,35-,36-/m0/s1. The van der Waals surface area contributed by atoms with E-state index < -0.39 is 55.1 Å². The highest BCUT2D eigenvalue weighted by atomic mass is 16.7. The van der Waals surface area contributed by atoms with E-state index in [0.29, 0.717) is 19.3 Å². The molecule has 9 nitrogen and oxygen atoms in total. The van der Waals surface area contributed by atoms with Crippen LogP contribution in [-0.4, -0.2) is 97.5 Å². The van der Waals surface area contributed by atoms with Crippen molar-refractivity contribution in [3.8, 4) is 0 Å². The van der Waals surface area contributed by atoms with Gasteiger partial charge in [-0.15, -0.1) is 0 Å². The van der Waals surface area contributed by atoms with E-state index in [1.54, 1.807) is 0 Å². The fourth-order valence-corrected chi connectivity index (χ4v) is 11.8. The normalized spacial score (nSPS) is 50.6. The summed E-state index contributed by atoms with van der Waals surface area (Å²) in [5, 5.41) is 76.2. The van der Waals surface area contributed by atoms with Crippen LogP contribution < -0.4 is 0 Å². The number of hydrogen-bond acceptors (Lipinski definition) is 9. The van der Waals surface area contributed by atoms with E-state index >= 15 is 0 Å². The Bertz CT molecular complexity index is 1090. The summed E-state index contributed by atoms with van der Waals surface area (Å²) in [6.45, 7) is 14.7. The van der Waals surface area contributed by atoms with Gasteiger partial charge in [0.1, 0.15) is 24.4 Å². The fraction of sp³-hybridized carbons (Fsp3) is 0.944. The van der Waals surface area contributed by atoms with Crippen molar-refractivity contribution in [2.24, 2.45) is 45.3 Å². The summed E-state index contributed by atoms with van der Waals surface area (Å²) in [6, 6.07) is 0. The van der Waals surface area contributed by atoms with E-state index in [1.807, 2.05) is 20.8 Å². The smallest absolute Gasteiger partial charge is 0.187 e. The maximum absolute atomic E-state index is 12.3. The Hall–Kier alpha value is -0.620. The van der Waals surface area contributed by atoms with Gasteiger partial charge in [0, 0.05) is 12.0 Å². The third-order valence-electron chi connectivity index (χ3n) is 14.6. The van der Waals surface area contributed by atoms with Crippen LogP contribution in [0.25, 0.3) is 0 Å². The maximum atomic E-state index is 12.3. The lowest BCUT2D eigenvalue weighted by Gasteiger charge is -2.71. The number of hydrogen-bond donors (Lipinski definition) is 7. The summed E-state index contributed by atoms with van der Waals surface area (Å²) in [4.78, 5) is 0. The van der Waals surface area contributed by atoms with E-state index in [9.17, 15) is 35.7 Å². The minimum absolute atomic E-state index is 0.0611. The molecule has 4 aliphatic carbocycles. The number of fused-ring (bicyclic) bond motifs is 5. The molecule has 15 atom stereocenters. The van der Waals surface area contributed by atoms with E-state index in [0.717, 1.165) is 38.5 Å². The average Bonchev–Trinajstić information content (AvgIpc) is 3.36. The Morgan fingerprint density at radius 1 is 0.867 bits per heavy atom. The highest BCUT2D eigenvalue weighted by Crippen LogP contribution is 2.76. The summed E-state index contributed by atoms with van der Waals surface area (Å²) in [7, 11) is 0. The zero-order valence-electron chi connectivity index (χ0n) is 28.7. The molecule has 0 aromatic heterocycles. The highest BCUT2D eigenvalue weighted by molar-refractivity contribution is 5.21. The number of rotatable bonds is 8. The van der Waals surface area contributed by atoms with E-state index in [4.69, 9.17) is 9.47 Å². The SMILES string of the molecule is CC(C)=CCC[C@](C)(O[C@@H]1O[C@H](CO)[C@@H](O)[C@H](O)[C@H]1O)[C@H]1CC[C@]2(C)[C@@H]1[C@H](O)C[C@@H]1[C@]3(CO)CC[C@@H](O)C(C)(C)[C@H]3CC[C@]12C. The molecule has 260 valence electrons. The Balaban J connectivity index is 1.50. The van der Waals surface area contributed by atoms with Gasteiger partial charge in [0.2, 0.25) is 0 Å².